The summed E-state index contributed by atoms with van der Waals surface area (Å²) >= 11 is 0. The summed E-state index contributed by atoms with van der Waals surface area (Å²) in [5.41, 5.74) is 0. The van der Waals surface area contributed by atoms with Crippen LogP contribution >= 0.6 is 0 Å². The van der Waals surface area contributed by atoms with E-state index < -0.39 is 38.4 Å². The molecule has 0 spiro atoms. The van der Waals surface area contributed by atoms with Crippen LogP contribution in [0, 0.1) is 17.6 Å². The first-order valence-electron chi connectivity index (χ1n) is 6.00. The van der Waals surface area contributed by atoms with Crippen LogP contribution in [0.15, 0.2) is 23.1 Å². The van der Waals surface area contributed by atoms with Crippen LogP contribution in [0.5, 0.6) is 0 Å². The maximum Gasteiger partial charge on any atom is 0.307 e. The number of halogens is 2. The molecule has 110 valence electrons. The highest BCUT2D eigenvalue weighted by Crippen LogP contribution is 2.25. The smallest absolute Gasteiger partial charge is 0.307 e. The van der Waals surface area contributed by atoms with Gasteiger partial charge in [0.15, 0.2) is 0 Å². The van der Waals surface area contributed by atoms with Gasteiger partial charge < -0.3 is 5.11 Å². The quantitative estimate of drug-likeness (QED) is 0.917. The molecule has 1 fully saturated rings. The lowest BCUT2D eigenvalue weighted by atomic mass is 10.0. The largest absolute Gasteiger partial charge is 0.481 e. The second kappa shape index (κ2) is 5.45. The Morgan fingerprint density at radius 1 is 1.35 bits per heavy atom. The average molecular weight is 305 g/mol. The predicted molar refractivity (Wildman–Crippen MR) is 65.5 cm³/mol. The van der Waals surface area contributed by atoms with Gasteiger partial charge in [-0.2, -0.15) is 4.31 Å². The number of nitrogens with zero attached hydrogens (tertiary/aromatic N) is 1. The predicted octanol–water partition coefficient (Wildman–Crippen LogP) is 1.45. The molecule has 1 aromatic carbocycles. The molecule has 0 aromatic heterocycles. The van der Waals surface area contributed by atoms with Crippen molar-refractivity contribution in [2.24, 2.45) is 5.92 Å². The lowest BCUT2D eigenvalue weighted by Gasteiger charge is -2.29. The van der Waals surface area contributed by atoms with Gasteiger partial charge in [0.2, 0.25) is 10.0 Å². The summed E-state index contributed by atoms with van der Waals surface area (Å²) in [5.74, 6) is -3.93. The fraction of sp³-hybridized carbons (Fsp3) is 0.417. The van der Waals surface area contributed by atoms with Gasteiger partial charge in [0.1, 0.15) is 16.5 Å². The van der Waals surface area contributed by atoms with Crippen molar-refractivity contribution in [1.82, 2.24) is 4.31 Å². The minimum Gasteiger partial charge on any atom is -0.481 e. The molecule has 2 rings (SSSR count). The zero-order valence-corrected chi connectivity index (χ0v) is 11.2. The Labute approximate surface area is 114 Å². The summed E-state index contributed by atoms with van der Waals surface area (Å²) < 4.78 is 51.9. The van der Waals surface area contributed by atoms with E-state index in [0.717, 1.165) is 16.4 Å². The van der Waals surface area contributed by atoms with Crippen LogP contribution in [-0.2, 0) is 14.8 Å². The molecule has 1 heterocycles. The molecule has 0 saturated carbocycles. The molecule has 1 aliphatic rings. The van der Waals surface area contributed by atoms with E-state index in [2.05, 4.69) is 0 Å². The second-order valence-electron chi connectivity index (χ2n) is 4.62. The Balaban J connectivity index is 2.32. The number of hydrogen-bond acceptors (Lipinski definition) is 3. The van der Waals surface area contributed by atoms with Crippen LogP contribution in [0.2, 0.25) is 0 Å². The fourth-order valence-electron chi connectivity index (χ4n) is 2.19. The first-order valence-corrected chi connectivity index (χ1v) is 7.44. The molecule has 0 radical (unpaired) electrons. The van der Waals surface area contributed by atoms with E-state index in [9.17, 15) is 22.0 Å². The maximum absolute atomic E-state index is 13.6. The molecule has 8 heteroatoms. The summed E-state index contributed by atoms with van der Waals surface area (Å²) in [4.78, 5) is 10.3. The van der Waals surface area contributed by atoms with E-state index in [4.69, 9.17) is 5.11 Å². The van der Waals surface area contributed by atoms with Gasteiger partial charge in [0.05, 0.1) is 5.92 Å². The van der Waals surface area contributed by atoms with Crippen molar-refractivity contribution in [3.05, 3.63) is 29.8 Å². The average Bonchev–Trinajstić information content (AvgIpc) is 2.38. The normalized spacial score (nSPS) is 20.8. The number of piperidine rings is 1. The van der Waals surface area contributed by atoms with Gasteiger partial charge >= 0.3 is 5.97 Å². The standard InChI is InChI=1S/C12H13F2NO4S/c13-9-3-4-11(10(14)6-9)20(18,19)15-5-1-2-8(7-15)12(16)17/h3-4,6,8H,1-2,5,7H2,(H,16,17)/t8-/m1/s1. The Hall–Kier alpha value is -1.54. The molecule has 1 atom stereocenters. The van der Waals surface area contributed by atoms with E-state index in [1.165, 1.54) is 0 Å². The first-order chi connectivity index (χ1) is 9.32. The van der Waals surface area contributed by atoms with Gasteiger partial charge in [-0.15, -0.1) is 0 Å². The third-order valence-electron chi connectivity index (χ3n) is 3.25. The fourth-order valence-corrected chi connectivity index (χ4v) is 3.75. The molecule has 0 bridgehead atoms. The Morgan fingerprint density at radius 2 is 2.05 bits per heavy atom. The van der Waals surface area contributed by atoms with Gasteiger partial charge in [-0.25, -0.2) is 17.2 Å². The summed E-state index contributed by atoms with van der Waals surface area (Å²) in [7, 11) is -4.15. The SMILES string of the molecule is O=C(O)[C@@H]1CCCN(S(=O)(=O)c2ccc(F)cc2F)C1. The van der Waals surface area contributed by atoms with Gasteiger partial charge in [-0.1, -0.05) is 0 Å². The summed E-state index contributed by atoms with van der Waals surface area (Å²) in [6.45, 7) is -0.0720. The number of sulfonamides is 1. The van der Waals surface area contributed by atoms with Crippen molar-refractivity contribution < 1.29 is 27.1 Å². The van der Waals surface area contributed by atoms with Crippen molar-refractivity contribution in [1.29, 1.82) is 0 Å². The second-order valence-corrected chi connectivity index (χ2v) is 6.52. The molecular weight excluding hydrogens is 292 g/mol. The van der Waals surface area contributed by atoms with Gasteiger partial charge in [0.25, 0.3) is 0 Å². The first kappa shape index (κ1) is 14.9. The molecule has 1 saturated heterocycles. The van der Waals surface area contributed by atoms with E-state index in [0.29, 0.717) is 18.9 Å². The van der Waals surface area contributed by atoms with E-state index in [-0.39, 0.29) is 13.1 Å². The van der Waals surface area contributed by atoms with Crippen molar-refractivity contribution in [2.45, 2.75) is 17.7 Å². The number of carboxylic acid groups (broad SMARTS) is 1. The van der Waals surface area contributed by atoms with Crippen molar-refractivity contribution in [3.8, 4) is 0 Å². The summed E-state index contributed by atoms with van der Waals surface area (Å²) in [5, 5.41) is 8.94. The van der Waals surface area contributed by atoms with Crippen molar-refractivity contribution >= 4 is 16.0 Å². The number of aliphatic carboxylic acids is 1. The highest BCUT2D eigenvalue weighted by Gasteiger charge is 2.34. The topological polar surface area (TPSA) is 74.7 Å². The third kappa shape index (κ3) is 2.80. The van der Waals surface area contributed by atoms with Crippen LogP contribution in [0.4, 0.5) is 8.78 Å². The van der Waals surface area contributed by atoms with Gasteiger partial charge in [0, 0.05) is 19.2 Å². The van der Waals surface area contributed by atoms with Crippen LogP contribution in [0.3, 0.4) is 0 Å². The summed E-state index contributed by atoms with van der Waals surface area (Å²) in [6, 6.07) is 2.20. The van der Waals surface area contributed by atoms with Crippen LogP contribution < -0.4 is 0 Å². The van der Waals surface area contributed by atoms with E-state index >= 15 is 0 Å². The monoisotopic (exact) mass is 305 g/mol. The minimum atomic E-state index is -4.15. The molecule has 1 N–H and O–H groups in total. The molecule has 1 aliphatic heterocycles. The number of hydrogen-bond donors (Lipinski definition) is 1. The number of benzene rings is 1. The van der Waals surface area contributed by atoms with Gasteiger partial charge in [-0.05, 0) is 25.0 Å². The molecule has 20 heavy (non-hydrogen) atoms. The molecular formula is C12H13F2NO4S. The highest BCUT2D eigenvalue weighted by atomic mass is 32.2. The lowest BCUT2D eigenvalue weighted by Crippen LogP contribution is -2.42. The molecule has 5 nitrogen and oxygen atoms in total. The summed E-state index contributed by atoms with van der Waals surface area (Å²) in [6.07, 6.45) is 0.770. The van der Waals surface area contributed by atoms with Crippen LogP contribution in [0.25, 0.3) is 0 Å². The minimum absolute atomic E-state index is 0.128. The van der Waals surface area contributed by atoms with Crippen LogP contribution in [-0.4, -0.2) is 36.9 Å². The maximum atomic E-state index is 13.6. The Kier molecular flexibility index (Phi) is 4.05. The number of rotatable bonds is 3. The molecule has 0 amide bonds. The van der Waals surface area contributed by atoms with E-state index in [1.807, 2.05) is 0 Å². The van der Waals surface area contributed by atoms with Crippen molar-refractivity contribution in [3.63, 3.8) is 0 Å². The molecule has 1 aromatic rings. The molecule has 0 unspecified atom stereocenters. The third-order valence-corrected chi connectivity index (χ3v) is 5.14. The zero-order chi connectivity index (χ0) is 14.9. The van der Waals surface area contributed by atoms with Crippen LogP contribution in [0.1, 0.15) is 12.8 Å². The highest BCUT2D eigenvalue weighted by molar-refractivity contribution is 7.89. The Bertz CT molecular complexity index is 632. The Morgan fingerprint density at radius 3 is 2.65 bits per heavy atom. The van der Waals surface area contributed by atoms with Crippen molar-refractivity contribution in [2.75, 3.05) is 13.1 Å². The lowest BCUT2D eigenvalue weighted by molar-refractivity contribution is -0.142. The van der Waals surface area contributed by atoms with E-state index in [1.54, 1.807) is 0 Å². The molecule has 0 aliphatic carbocycles. The zero-order valence-electron chi connectivity index (χ0n) is 10.4. The van der Waals surface area contributed by atoms with Gasteiger partial charge in [-0.3, -0.25) is 4.79 Å². The number of carboxylic acids is 1. The number of carbonyl (C=O) groups is 1.